The van der Waals surface area contributed by atoms with Crippen LogP contribution in [0.1, 0.15) is 37.7 Å². The topological polar surface area (TPSA) is 35.0 Å². The molecule has 0 aliphatic carbocycles. The van der Waals surface area contributed by atoms with Gasteiger partial charge in [-0.2, -0.15) is 0 Å². The number of hydrogen-bond acceptors (Lipinski definition) is 3. The summed E-state index contributed by atoms with van der Waals surface area (Å²) < 4.78 is 6.11. The molecule has 1 heterocycles. The quantitative estimate of drug-likeness (QED) is 0.686. The Hall–Kier alpha value is -1.78. The molecule has 24 heavy (non-hydrogen) atoms. The molecule has 0 spiro atoms. The van der Waals surface area contributed by atoms with Gasteiger partial charge in [-0.25, -0.2) is 9.97 Å². The smallest absolute Gasteiger partial charge is 0.192 e. The SMILES string of the molecule is CC(C)(C)[Si](C)(C)OC/C=C/c1ncc(Cc2ccccc2)cn1. The molecule has 2 rings (SSSR count). The van der Waals surface area contributed by atoms with Crippen molar-refractivity contribution in [1.29, 1.82) is 0 Å². The largest absolute Gasteiger partial charge is 0.413 e. The fourth-order valence-electron chi connectivity index (χ4n) is 2.00. The molecule has 0 unspecified atom stereocenters. The Morgan fingerprint density at radius 1 is 1.00 bits per heavy atom. The van der Waals surface area contributed by atoms with Gasteiger partial charge in [0.25, 0.3) is 0 Å². The van der Waals surface area contributed by atoms with Gasteiger partial charge in [-0.3, -0.25) is 0 Å². The fourth-order valence-corrected chi connectivity index (χ4v) is 2.95. The zero-order valence-corrected chi connectivity index (χ0v) is 16.4. The van der Waals surface area contributed by atoms with Crippen LogP contribution in [0.15, 0.2) is 48.8 Å². The first-order chi connectivity index (χ1) is 11.3. The van der Waals surface area contributed by atoms with Gasteiger partial charge in [0.2, 0.25) is 0 Å². The Balaban J connectivity index is 1.88. The lowest BCUT2D eigenvalue weighted by Gasteiger charge is -2.35. The van der Waals surface area contributed by atoms with E-state index in [1.54, 1.807) is 0 Å². The van der Waals surface area contributed by atoms with E-state index < -0.39 is 8.32 Å². The van der Waals surface area contributed by atoms with Gasteiger partial charge in [0.1, 0.15) is 0 Å². The maximum atomic E-state index is 6.11. The monoisotopic (exact) mass is 340 g/mol. The van der Waals surface area contributed by atoms with Crippen molar-refractivity contribution in [3.05, 3.63) is 65.8 Å². The van der Waals surface area contributed by atoms with Gasteiger partial charge in [-0.05, 0) is 35.3 Å². The van der Waals surface area contributed by atoms with Crippen LogP contribution in [-0.4, -0.2) is 24.9 Å². The Bertz CT molecular complexity index is 658. The molecule has 0 N–H and O–H groups in total. The van der Waals surface area contributed by atoms with Crippen molar-refractivity contribution >= 4 is 14.4 Å². The first-order valence-electron chi connectivity index (χ1n) is 8.43. The van der Waals surface area contributed by atoms with Crippen LogP contribution in [0, 0.1) is 0 Å². The van der Waals surface area contributed by atoms with Crippen molar-refractivity contribution in [2.24, 2.45) is 0 Å². The second-order valence-electron chi connectivity index (χ2n) is 7.59. The van der Waals surface area contributed by atoms with Crippen molar-refractivity contribution in [2.45, 2.75) is 45.3 Å². The van der Waals surface area contributed by atoms with E-state index in [1.807, 2.05) is 30.6 Å². The average molecular weight is 341 g/mol. The maximum Gasteiger partial charge on any atom is 0.192 e. The lowest BCUT2D eigenvalue weighted by atomic mass is 10.1. The molecule has 0 saturated carbocycles. The highest BCUT2D eigenvalue weighted by molar-refractivity contribution is 6.74. The minimum absolute atomic E-state index is 0.233. The Morgan fingerprint density at radius 3 is 2.21 bits per heavy atom. The predicted molar refractivity (Wildman–Crippen MR) is 103 cm³/mol. The second kappa shape index (κ2) is 7.86. The number of hydrogen-bond donors (Lipinski definition) is 0. The van der Waals surface area contributed by atoms with Crippen LogP contribution in [-0.2, 0) is 10.8 Å². The van der Waals surface area contributed by atoms with Gasteiger partial charge in [0.15, 0.2) is 14.1 Å². The van der Waals surface area contributed by atoms with E-state index in [1.165, 1.54) is 5.56 Å². The highest BCUT2D eigenvalue weighted by Crippen LogP contribution is 2.36. The molecule has 0 aliphatic heterocycles. The van der Waals surface area contributed by atoms with E-state index in [-0.39, 0.29) is 5.04 Å². The van der Waals surface area contributed by atoms with Gasteiger partial charge in [0.05, 0.1) is 6.61 Å². The molecule has 0 aliphatic rings. The molecule has 0 atom stereocenters. The second-order valence-corrected chi connectivity index (χ2v) is 12.4. The van der Waals surface area contributed by atoms with E-state index >= 15 is 0 Å². The summed E-state index contributed by atoms with van der Waals surface area (Å²) >= 11 is 0. The normalized spacial score (nSPS) is 12.7. The summed E-state index contributed by atoms with van der Waals surface area (Å²) in [6.07, 6.45) is 8.59. The van der Waals surface area contributed by atoms with Crippen LogP contribution in [0.3, 0.4) is 0 Å². The molecule has 0 fully saturated rings. The van der Waals surface area contributed by atoms with Crippen molar-refractivity contribution < 1.29 is 4.43 Å². The summed E-state index contributed by atoms with van der Waals surface area (Å²) in [7, 11) is -1.69. The first-order valence-corrected chi connectivity index (χ1v) is 11.3. The zero-order valence-electron chi connectivity index (χ0n) is 15.4. The lowest BCUT2D eigenvalue weighted by molar-refractivity contribution is 0.328. The third kappa shape index (κ3) is 5.39. The maximum absolute atomic E-state index is 6.11. The molecule has 0 saturated heterocycles. The summed E-state index contributed by atoms with van der Waals surface area (Å²) in [5.41, 5.74) is 2.39. The summed E-state index contributed by atoms with van der Waals surface area (Å²) in [4.78, 5) is 8.83. The van der Waals surface area contributed by atoms with Crippen LogP contribution in [0.4, 0.5) is 0 Å². The van der Waals surface area contributed by atoms with Crippen molar-refractivity contribution in [1.82, 2.24) is 9.97 Å². The third-order valence-corrected chi connectivity index (χ3v) is 9.09. The van der Waals surface area contributed by atoms with E-state index in [4.69, 9.17) is 4.43 Å². The molecule has 1 aromatic heterocycles. The fraction of sp³-hybridized carbons (Fsp3) is 0.400. The van der Waals surface area contributed by atoms with Crippen LogP contribution >= 0.6 is 0 Å². The van der Waals surface area contributed by atoms with Crippen molar-refractivity contribution in [2.75, 3.05) is 6.61 Å². The van der Waals surface area contributed by atoms with Gasteiger partial charge < -0.3 is 4.43 Å². The summed E-state index contributed by atoms with van der Waals surface area (Å²) in [6, 6.07) is 10.4. The first kappa shape index (κ1) is 18.6. The molecule has 0 bridgehead atoms. The number of aromatic nitrogens is 2. The minimum atomic E-state index is -1.69. The number of benzene rings is 1. The van der Waals surface area contributed by atoms with Crippen LogP contribution in [0.25, 0.3) is 6.08 Å². The molecule has 1 aromatic carbocycles. The lowest BCUT2D eigenvalue weighted by Crippen LogP contribution is -2.40. The standard InChI is InChI=1S/C20H28N2OSi/c1-20(2,3)24(4,5)23-13-9-12-19-21-15-18(16-22-19)14-17-10-7-6-8-11-17/h6-12,15-16H,13-14H2,1-5H3/b12-9+. The molecule has 0 amide bonds. The minimum Gasteiger partial charge on any atom is -0.413 e. The van der Waals surface area contributed by atoms with Gasteiger partial charge >= 0.3 is 0 Å². The Kier molecular flexibility index (Phi) is 6.08. The van der Waals surface area contributed by atoms with Crippen molar-refractivity contribution in [3.8, 4) is 0 Å². The van der Waals surface area contributed by atoms with E-state index in [9.17, 15) is 0 Å². The summed E-state index contributed by atoms with van der Waals surface area (Å²) in [5, 5.41) is 0.233. The number of nitrogens with zero attached hydrogens (tertiary/aromatic N) is 2. The van der Waals surface area contributed by atoms with Gasteiger partial charge in [-0.15, -0.1) is 0 Å². The molecule has 128 valence electrons. The van der Waals surface area contributed by atoms with Gasteiger partial charge in [0, 0.05) is 18.8 Å². The summed E-state index contributed by atoms with van der Waals surface area (Å²) in [6.45, 7) is 11.9. The predicted octanol–water partition coefficient (Wildman–Crippen LogP) is 5.10. The van der Waals surface area contributed by atoms with Gasteiger partial charge in [-0.1, -0.05) is 57.2 Å². The third-order valence-electron chi connectivity index (χ3n) is 4.59. The Labute approximate surface area is 147 Å². The van der Waals surface area contributed by atoms with E-state index in [2.05, 4.69) is 68.1 Å². The van der Waals surface area contributed by atoms with Crippen LogP contribution in [0.2, 0.25) is 18.1 Å². The van der Waals surface area contributed by atoms with Crippen LogP contribution in [0.5, 0.6) is 0 Å². The highest BCUT2D eigenvalue weighted by Gasteiger charge is 2.36. The molecule has 4 heteroatoms. The Morgan fingerprint density at radius 2 is 1.62 bits per heavy atom. The number of rotatable bonds is 6. The molecule has 2 aromatic rings. The van der Waals surface area contributed by atoms with E-state index in [0.717, 1.165) is 17.8 Å². The molecule has 3 nitrogen and oxygen atoms in total. The zero-order chi connectivity index (χ0) is 17.6. The highest BCUT2D eigenvalue weighted by atomic mass is 28.4. The molecule has 0 radical (unpaired) electrons. The molecular weight excluding hydrogens is 312 g/mol. The van der Waals surface area contributed by atoms with Crippen LogP contribution < -0.4 is 0 Å². The summed E-state index contributed by atoms with van der Waals surface area (Å²) in [5.74, 6) is 0.727. The van der Waals surface area contributed by atoms with Crippen molar-refractivity contribution in [3.63, 3.8) is 0 Å². The van der Waals surface area contributed by atoms with E-state index in [0.29, 0.717) is 6.61 Å². The molecular formula is C20H28N2OSi. The average Bonchev–Trinajstić information content (AvgIpc) is 2.53.